The van der Waals surface area contributed by atoms with Gasteiger partial charge in [0.2, 0.25) is 0 Å². The summed E-state index contributed by atoms with van der Waals surface area (Å²) in [7, 11) is 0. The smallest absolute Gasteiger partial charge is 0.0796 e. The number of hydrogen-bond acceptors (Lipinski definition) is 2. The van der Waals surface area contributed by atoms with Gasteiger partial charge in [0.15, 0.2) is 0 Å². The fraction of sp³-hybridized carbons (Fsp3) is 0.647. The average Bonchev–Trinajstić information content (AvgIpc) is 2.36. The molecule has 0 bridgehead atoms. The van der Waals surface area contributed by atoms with Crippen LogP contribution in [0.4, 0.5) is 0 Å². The van der Waals surface area contributed by atoms with Crippen LogP contribution < -0.4 is 0 Å². The molecule has 0 saturated carbocycles. The molecule has 1 N–H and O–H groups in total. The molecule has 1 aromatic rings. The van der Waals surface area contributed by atoms with Crippen LogP contribution in [0.15, 0.2) is 12.1 Å². The molecule has 0 aromatic heterocycles. The van der Waals surface area contributed by atoms with Crippen LogP contribution in [0.25, 0.3) is 0 Å². The summed E-state index contributed by atoms with van der Waals surface area (Å²) in [6.45, 7) is 7.18. The average molecular weight is 262 g/mol. The van der Waals surface area contributed by atoms with Gasteiger partial charge in [0, 0.05) is 6.61 Å². The normalized spacial score (nSPS) is 21.4. The van der Waals surface area contributed by atoms with E-state index in [1.807, 2.05) is 0 Å². The first-order valence-electron chi connectivity index (χ1n) is 7.45. The molecule has 106 valence electrons. The Morgan fingerprint density at radius 2 is 1.89 bits per heavy atom. The first-order chi connectivity index (χ1) is 9.08. The van der Waals surface area contributed by atoms with Crippen molar-refractivity contribution in [3.05, 3.63) is 34.4 Å². The Bertz CT molecular complexity index is 396. The number of aliphatic hydroxyl groups is 1. The van der Waals surface area contributed by atoms with Crippen molar-refractivity contribution in [3.8, 4) is 0 Å². The minimum atomic E-state index is -0.355. The highest BCUT2D eigenvalue weighted by Gasteiger charge is 2.18. The van der Waals surface area contributed by atoms with Crippen LogP contribution >= 0.6 is 0 Å². The van der Waals surface area contributed by atoms with Gasteiger partial charge in [-0.3, -0.25) is 0 Å². The van der Waals surface area contributed by atoms with E-state index >= 15 is 0 Å². The molecular weight excluding hydrogens is 236 g/mol. The largest absolute Gasteiger partial charge is 0.388 e. The van der Waals surface area contributed by atoms with Crippen molar-refractivity contribution in [1.82, 2.24) is 0 Å². The monoisotopic (exact) mass is 262 g/mol. The van der Waals surface area contributed by atoms with Crippen LogP contribution in [-0.2, 0) is 4.74 Å². The van der Waals surface area contributed by atoms with Crippen LogP contribution in [0, 0.1) is 20.8 Å². The maximum absolute atomic E-state index is 10.4. The third-order valence-corrected chi connectivity index (χ3v) is 4.11. The third-order valence-electron chi connectivity index (χ3n) is 4.11. The molecule has 2 atom stereocenters. The molecule has 0 aliphatic carbocycles. The predicted molar refractivity (Wildman–Crippen MR) is 78.4 cm³/mol. The summed E-state index contributed by atoms with van der Waals surface area (Å²) in [4.78, 5) is 0. The van der Waals surface area contributed by atoms with Gasteiger partial charge in [0.1, 0.15) is 0 Å². The molecule has 1 saturated heterocycles. The predicted octanol–water partition coefficient (Wildman–Crippen LogP) is 3.99. The van der Waals surface area contributed by atoms with Crippen molar-refractivity contribution in [2.24, 2.45) is 0 Å². The van der Waals surface area contributed by atoms with Crippen LogP contribution in [0.3, 0.4) is 0 Å². The Morgan fingerprint density at radius 3 is 2.47 bits per heavy atom. The van der Waals surface area contributed by atoms with Gasteiger partial charge in [0.05, 0.1) is 12.2 Å². The van der Waals surface area contributed by atoms with Crippen molar-refractivity contribution in [2.45, 2.75) is 65.1 Å². The van der Waals surface area contributed by atoms with Crippen LogP contribution in [0.1, 0.15) is 60.5 Å². The molecule has 19 heavy (non-hydrogen) atoms. The number of ether oxygens (including phenoxy) is 1. The van der Waals surface area contributed by atoms with Gasteiger partial charge in [0.25, 0.3) is 0 Å². The summed E-state index contributed by atoms with van der Waals surface area (Å²) in [6.07, 6.45) is 5.38. The number of hydrogen-bond donors (Lipinski definition) is 1. The molecule has 0 amide bonds. The van der Waals surface area contributed by atoms with E-state index in [4.69, 9.17) is 4.74 Å². The Hall–Kier alpha value is -0.860. The van der Waals surface area contributed by atoms with E-state index in [0.29, 0.717) is 6.10 Å². The summed E-state index contributed by atoms with van der Waals surface area (Å²) in [5.41, 5.74) is 4.78. The number of rotatable bonds is 4. The lowest BCUT2D eigenvalue weighted by atomic mass is 9.92. The number of aryl methyl sites for hydroxylation is 3. The molecule has 2 nitrogen and oxygen atoms in total. The minimum Gasteiger partial charge on any atom is -0.388 e. The molecule has 2 rings (SSSR count). The molecule has 2 unspecified atom stereocenters. The van der Waals surface area contributed by atoms with Gasteiger partial charge in [-0.2, -0.15) is 0 Å². The zero-order valence-electron chi connectivity index (χ0n) is 12.4. The van der Waals surface area contributed by atoms with Crippen molar-refractivity contribution >= 4 is 0 Å². The molecule has 1 heterocycles. The van der Waals surface area contributed by atoms with Crippen molar-refractivity contribution < 1.29 is 9.84 Å². The fourth-order valence-electron chi connectivity index (χ4n) is 3.24. The molecule has 1 fully saturated rings. The lowest BCUT2D eigenvalue weighted by Crippen LogP contribution is -2.20. The van der Waals surface area contributed by atoms with E-state index in [-0.39, 0.29) is 6.10 Å². The summed E-state index contributed by atoms with van der Waals surface area (Å²) < 4.78 is 5.73. The van der Waals surface area contributed by atoms with Crippen LogP contribution in [-0.4, -0.2) is 17.8 Å². The molecule has 1 aromatic carbocycles. The summed E-state index contributed by atoms with van der Waals surface area (Å²) in [5, 5.41) is 10.4. The highest BCUT2D eigenvalue weighted by Crippen LogP contribution is 2.28. The Labute approximate surface area is 116 Å². The maximum Gasteiger partial charge on any atom is 0.0796 e. The molecule has 0 radical (unpaired) electrons. The highest BCUT2D eigenvalue weighted by atomic mass is 16.5. The lowest BCUT2D eigenvalue weighted by molar-refractivity contribution is 0.00205. The number of aliphatic hydroxyl groups excluding tert-OH is 1. The Morgan fingerprint density at radius 1 is 1.21 bits per heavy atom. The summed E-state index contributed by atoms with van der Waals surface area (Å²) >= 11 is 0. The van der Waals surface area contributed by atoms with E-state index < -0.39 is 0 Å². The van der Waals surface area contributed by atoms with E-state index in [1.54, 1.807) is 0 Å². The van der Waals surface area contributed by atoms with Gasteiger partial charge in [-0.25, -0.2) is 0 Å². The molecule has 1 aliphatic rings. The second-order valence-corrected chi connectivity index (χ2v) is 5.89. The van der Waals surface area contributed by atoms with Crippen LogP contribution in [0.5, 0.6) is 0 Å². The second kappa shape index (κ2) is 6.53. The van der Waals surface area contributed by atoms with Crippen molar-refractivity contribution in [2.75, 3.05) is 6.61 Å². The van der Waals surface area contributed by atoms with E-state index in [0.717, 1.165) is 31.4 Å². The van der Waals surface area contributed by atoms with Gasteiger partial charge < -0.3 is 9.84 Å². The maximum atomic E-state index is 10.4. The first kappa shape index (κ1) is 14.5. The Kier molecular flexibility index (Phi) is 5.00. The Balaban J connectivity index is 1.97. The SMILES string of the molecule is Cc1cc(C)c(C(O)CCC2CCCCO2)c(C)c1. The van der Waals surface area contributed by atoms with E-state index in [2.05, 4.69) is 32.9 Å². The minimum absolute atomic E-state index is 0.355. The van der Waals surface area contributed by atoms with Gasteiger partial charge in [-0.15, -0.1) is 0 Å². The second-order valence-electron chi connectivity index (χ2n) is 5.89. The molecule has 0 spiro atoms. The quantitative estimate of drug-likeness (QED) is 0.889. The van der Waals surface area contributed by atoms with Gasteiger partial charge >= 0.3 is 0 Å². The molecule has 2 heteroatoms. The van der Waals surface area contributed by atoms with Gasteiger partial charge in [-0.05, 0) is 69.6 Å². The lowest BCUT2D eigenvalue weighted by Gasteiger charge is -2.24. The first-order valence-corrected chi connectivity index (χ1v) is 7.45. The fourth-order valence-corrected chi connectivity index (χ4v) is 3.24. The van der Waals surface area contributed by atoms with Gasteiger partial charge in [-0.1, -0.05) is 17.7 Å². The zero-order valence-corrected chi connectivity index (χ0v) is 12.4. The highest BCUT2D eigenvalue weighted by molar-refractivity contribution is 5.38. The summed E-state index contributed by atoms with van der Waals surface area (Å²) in [6, 6.07) is 4.31. The molecular formula is C17H26O2. The standard InChI is InChI=1S/C17H26O2/c1-12-10-13(2)17(14(3)11-12)16(18)8-7-15-6-4-5-9-19-15/h10-11,15-16,18H,4-9H2,1-3H3. The van der Waals surface area contributed by atoms with Crippen molar-refractivity contribution in [3.63, 3.8) is 0 Å². The number of benzene rings is 1. The molecule has 1 aliphatic heterocycles. The van der Waals surface area contributed by atoms with E-state index in [9.17, 15) is 5.11 Å². The third kappa shape index (κ3) is 3.80. The van der Waals surface area contributed by atoms with Crippen LogP contribution in [0.2, 0.25) is 0 Å². The van der Waals surface area contributed by atoms with E-state index in [1.165, 1.54) is 29.5 Å². The van der Waals surface area contributed by atoms with Crippen molar-refractivity contribution in [1.29, 1.82) is 0 Å². The summed E-state index contributed by atoms with van der Waals surface area (Å²) in [5.74, 6) is 0. The topological polar surface area (TPSA) is 29.5 Å². The zero-order chi connectivity index (χ0) is 13.8.